The molecule has 0 aliphatic carbocycles. The molecule has 0 heterocycles. The summed E-state index contributed by atoms with van der Waals surface area (Å²) in [6, 6.07) is 0. The summed E-state index contributed by atoms with van der Waals surface area (Å²) in [5.74, 6) is -0.356. The zero-order chi connectivity index (χ0) is 13.8. The van der Waals surface area contributed by atoms with Crippen LogP contribution in [0.2, 0.25) is 0 Å². The lowest BCUT2D eigenvalue weighted by Crippen LogP contribution is -2.37. The molecule has 0 spiro atoms. The number of nitrogens with one attached hydrogen (secondary N) is 1. The molecule has 6 nitrogen and oxygen atoms in total. The Hall–Kier alpha value is -1.14. The lowest BCUT2D eigenvalue weighted by Gasteiger charge is -2.15. The second-order valence-electron chi connectivity index (χ2n) is 3.95. The van der Waals surface area contributed by atoms with Crippen LogP contribution in [0.5, 0.6) is 0 Å². The van der Waals surface area contributed by atoms with Crippen molar-refractivity contribution in [3.8, 4) is 0 Å². The van der Waals surface area contributed by atoms with Crippen LogP contribution in [0.15, 0.2) is 0 Å². The Balaban J connectivity index is 3.49. The van der Waals surface area contributed by atoms with E-state index in [1.807, 2.05) is 18.9 Å². The molecule has 0 unspecified atom stereocenters. The highest BCUT2D eigenvalue weighted by Crippen LogP contribution is 1.86. The van der Waals surface area contributed by atoms with Gasteiger partial charge in [0.15, 0.2) is 0 Å². The predicted molar refractivity (Wildman–Crippen MR) is 68.2 cm³/mol. The molecule has 6 heteroatoms. The summed E-state index contributed by atoms with van der Waals surface area (Å²) < 4.78 is 9.85. The van der Waals surface area contributed by atoms with Crippen LogP contribution in [-0.2, 0) is 19.1 Å². The van der Waals surface area contributed by atoms with E-state index in [0.29, 0.717) is 32.8 Å². The highest BCUT2D eigenvalue weighted by atomic mass is 16.6. The summed E-state index contributed by atoms with van der Waals surface area (Å²) in [7, 11) is 1.83. The van der Waals surface area contributed by atoms with Gasteiger partial charge >= 0.3 is 5.97 Å². The van der Waals surface area contributed by atoms with Crippen LogP contribution in [0.1, 0.15) is 20.3 Å². The maximum absolute atomic E-state index is 11.4. The maximum atomic E-state index is 11.4. The maximum Gasteiger partial charge on any atom is 0.332 e. The van der Waals surface area contributed by atoms with Gasteiger partial charge in [0.2, 0.25) is 5.91 Å². The molecule has 0 fully saturated rings. The molecule has 0 saturated heterocycles. The van der Waals surface area contributed by atoms with Gasteiger partial charge in [0, 0.05) is 13.1 Å². The van der Waals surface area contributed by atoms with E-state index in [2.05, 4.69) is 5.32 Å². The Morgan fingerprint density at radius 1 is 1.28 bits per heavy atom. The highest BCUT2D eigenvalue weighted by Gasteiger charge is 2.06. The Morgan fingerprint density at radius 3 is 2.61 bits per heavy atom. The zero-order valence-electron chi connectivity index (χ0n) is 11.5. The summed E-state index contributed by atoms with van der Waals surface area (Å²) in [5, 5.41) is 2.79. The first kappa shape index (κ1) is 16.9. The van der Waals surface area contributed by atoms with Crippen molar-refractivity contribution < 1.29 is 19.1 Å². The summed E-state index contributed by atoms with van der Waals surface area (Å²) in [4.78, 5) is 24.2. The monoisotopic (exact) mass is 260 g/mol. The molecular weight excluding hydrogens is 236 g/mol. The topological polar surface area (TPSA) is 67.9 Å². The molecule has 0 aromatic heterocycles. The van der Waals surface area contributed by atoms with E-state index in [9.17, 15) is 9.59 Å². The molecule has 0 rings (SSSR count). The predicted octanol–water partition coefficient (Wildman–Crippen LogP) is 0.0241. The molecule has 0 saturated carbocycles. The van der Waals surface area contributed by atoms with Crippen molar-refractivity contribution in [1.29, 1.82) is 0 Å². The zero-order valence-corrected chi connectivity index (χ0v) is 11.5. The number of rotatable bonds is 10. The molecule has 0 aromatic rings. The fourth-order valence-corrected chi connectivity index (χ4v) is 1.22. The molecule has 0 aliphatic rings. The SMILES string of the molecule is CCCNC(=O)CN(C)CCOCC(=O)OCC. The van der Waals surface area contributed by atoms with Crippen LogP contribution in [-0.4, -0.2) is 63.3 Å². The van der Waals surface area contributed by atoms with Crippen molar-refractivity contribution in [2.75, 3.05) is 46.5 Å². The lowest BCUT2D eigenvalue weighted by molar-refractivity contribution is -0.148. The third-order valence-corrected chi connectivity index (χ3v) is 2.13. The van der Waals surface area contributed by atoms with Crippen LogP contribution in [0.3, 0.4) is 0 Å². The number of ether oxygens (including phenoxy) is 2. The fraction of sp³-hybridized carbons (Fsp3) is 0.833. The van der Waals surface area contributed by atoms with Gasteiger partial charge in [-0.25, -0.2) is 4.79 Å². The second kappa shape index (κ2) is 11.0. The minimum Gasteiger partial charge on any atom is -0.464 e. The molecule has 106 valence electrons. The molecule has 0 atom stereocenters. The number of hydrogen-bond acceptors (Lipinski definition) is 5. The van der Waals surface area contributed by atoms with Gasteiger partial charge in [-0.15, -0.1) is 0 Å². The lowest BCUT2D eigenvalue weighted by atomic mass is 10.4. The van der Waals surface area contributed by atoms with Gasteiger partial charge in [-0.2, -0.15) is 0 Å². The quantitative estimate of drug-likeness (QED) is 0.443. The summed E-state index contributed by atoms with van der Waals surface area (Å²) in [5.41, 5.74) is 0. The van der Waals surface area contributed by atoms with Crippen molar-refractivity contribution >= 4 is 11.9 Å². The van der Waals surface area contributed by atoms with E-state index in [1.54, 1.807) is 6.92 Å². The molecular formula is C12H24N2O4. The first-order chi connectivity index (χ1) is 8.60. The minimum atomic E-state index is -0.360. The minimum absolute atomic E-state index is 0.00439. The standard InChI is InChI=1S/C12H24N2O4/c1-4-6-13-11(15)9-14(3)7-8-17-10-12(16)18-5-2/h4-10H2,1-3H3,(H,13,15). The molecule has 18 heavy (non-hydrogen) atoms. The Bertz CT molecular complexity index is 246. The van der Waals surface area contributed by atoms with E-state index < -0.39 is 0 Å². The molecule has 0 aliphatic heterocycles. The van der Waals surface area contributed by atoms with E-state index in [-0.39, 0.29) is 18.5 Å². The average molecular weight is 260 g/mol. The van der Waals surface area contributed by atoms with E-state index in [1.165, 1.54) is 0 Å². The Kier molecular flexibility index (Phi) is 10.3. The number of amides is 1. The van der Waals surface area contributed by atoms with Gasteiger partial charge in [-0.05, 0) is 20.4 Å². The van der Waals surface area contributed by atoms with Crippen molar-refractivity contribution in [3.05, 3.63) is 0 Å². The first-order valence-corrected chi connectivity index (χ1v) is 6.28. The van der Waals surface area contributed by atoms with E-state index in [0.717, 1.165) is 6.42 Å². The van der Waals surface area contributed by atoms with Gasteiger partial charge in [0.25, 0.3) is 0 Å². The van der Waals surface area contributed by atoms with Crippen LogP contribution in [0, 0.1) is 0 Å². The largest absolute Gasteiger partial charge is 0.464 e. The van der Waals surface area contributed by atoms with E-state index in [4.69, 9.17) is 9.47 Å². The third-order valence-electron chi connectivity index (χ3n) is 2.13. The number of nitrogens with zero attached hydrogens (tertiary/aromatic N) is 1. The van der Waals surface area contributed by atoms with Crippen molar-refractivity contribution in [2.45, 2.75) is 20.3 Å². The van der Waals surface area contributed by atoms with Crippen LogP contribution >= 0.6 is 0 Å². The molecule has 0 bridgehead atoms. The molecule has 0 radical (unpaired) electrons. The molecule has 0 aromatic carbocycles. The second-order valence-corrected chi connectivity index (χ2v) is 3.95. The number of carbonyl (C=O) groups is 2. The highest BCUT2D eigenvalue weighted by molar-refractivity contribution is 5.77. The first-order valence-electron chi connectivity index (χ1n) is 6.28. The van der Waals surface area contributed by atoms with Crippen molar-refractivity contribution in [2.24, 2.45) is 0 Å². The van der Waals surface area contributed by atoms with Gasteiger partial charge in [0.05, 0.1) is 19.8 Å². The third kappa shape index (κ3) is 10.0. The summed E-state index contributed by atoms with van der Waals surface area (Å²) in [6.07, 6.45) is 0.929. The average Bonchev–Trinajstić information content (AvgIpc) is 2.32. The van der Waals surface area contributed by atoms with E-state index >= 15 is 0 Å². The van der Waals surface area contributed by atoms with Crippen molar-refractivity contribution in [3.63, 3.8) is 0 Å². The van der Waals surface area contributed by atoms with Crippen molar-refractivity contribution in [1.82, 2.24) is 10.2 Å². The number of hydrogen-bond donors (Lipinski definition) is 1. The molecule has 1 amide bonds. The van der Waals surface area contributed by atoms with Crippen LogP contribution < -0.4 is 5.32 Å². The van der Waals surface area contributed by atoms with Gasteiger partial charge < -0.3 is 14.8 Å². The van der Waals surface area contributed by atoms with Crippen LogP contribution in [0.25, 0.3) is 0 Å². The number of likely N-dealkylation sites (N-methyl/N-ethyl adjacent to an activating group) is 1. The number of carbonyl (C=O) groups excluding carboxylic acids is 2. The fourth-order valence-electron chi connectivity index (χ4n) is 1.22. The van der Waals surface area contributed by atoms with Crippen LogP contribution in [0.4, 0.5) is 0 Å². The van der Waals surface area contributed by atoms with Gasteiger partial charge in [-0.3, -0.25) is 9.69 Å². The Morgan fingerprint density at radius 2 is 2.00 bits per heavy atom. The smallest absolute Gasteiger partial charge is 0.332 e. The molecule has 1 N–H and O–H groups in total. The van der Waals surface area contributed by atoms with Gasteiger partial charge in [-0.1, -0.05) is 6.92 Å². The summed E-state index contributed by atoms with van der Waals surface area (Å²) >= 11 is 0. The number of esters is 1. The summed E-state index contributed by atoms with van der Waals surface area (Å²) in [6.45, 7) is 6.11. The Labute approximate surface area is 109 Å². The van der Waals surface area contributed by atoms with Gasteiger partial charge in [0.1, 0.15) is 6.61 Å². The normalized spacial score (nSPS) is 10.4.